The number of nitrogens with zero attached hydrogens (tertiary/aromatic N) is 1. The highest BCUT2D eigenvalue weighted by Crippen LogP contribution is 2.04. The molecule has 1 rings (SSSR count). The van der Waals surface area contributed by atoms with E-state index in [0.717, 1.165) is 13.1 Å². The first-order valence-corrected chi connectivity index (χ1v) is 6.36. The van der Waals surface area contributed by atoms with Crippen LogP contribution in [-0.2, 0) is 9.53 Å². The van der Waals surface area contributed by atoms with Crippen molar-refractivity contribution in [3.05, 3.63) is 0 Å². The van der Waals surface area contributed by atoms with Crippen LogP contribution in [0.5, 0.6) is 0 Å². The maximum atomic E-state index is 11.8. The van der Waals surface area contributed by atoms with Crippen molar-refractivity contribution in [1.29, 1.82) is 0 Å². The first-order chi connectivity index (χ1) is 8.02. The van der Waals surface area contributed by atoms with E-state index in [1.165, 1.54) is 0 Å². The molecule has 1 aliphatic rings. The van der Waals surface area contributed by atoms with Gasteiger partial charge in [-0.3, -0.25) is 9.69 Å². The van der Waals surface area contributed by atoms with E-state index >= 15 is 0 Å². The highest BCUT2D eigenvalue weighted by Gasteiger charge is 2.21. The van der Waals surface area contributed by atoms with Gasteiger partial charge in [-0.05, 0) is 12.8 Å². The fraction of sp³-hybridized carbons (Fsp3) is 0.917. The topological polar surface area (TPSA) is 67.6 Å². The second-order valence-electron chi connectivity index (χ2n) is 5.06. The number of ether oxygens (including phenoxy) is 1. The maximum absolute atomic E-state index is 11.8. The summed E-state index contributed by atoms with van der Waals surface area (Å²) >= 11 is 0. The normalized spacial score (nSPS) is 23.7. The number of nitrogens with two attached hydrogens (primary N) is 1. The molecule has 0 saturated carbocycles. The van der Waals surface area contributed by atoms with E-state index < -0.39 is 0 Å². The Morgan fingerprint density at radius 3 is 2.82 bits per heavy atom. The van der Waals surface area contributed by atoms with Crippen LogP contribution in [0.25, 0.3) is 0 Å². The van der Waals surface area contributed by atoms with E-state index in [2.05, 4.69) is 24.1 Å². The predicted molar refractivity (Wildman–Crippen MR) is 67.7 cm³/mol. The van der Waals surface area contributed by atoms with Crippen molar-refractivity contribution < 1.29 is 9.53 Å². The summed E-state index contributed by atoms with van der Waals surface area (Å²) in [5.41, 5.74) is 5.56. The molecule has 17 heavy (non-hydrogen) atoms. The van der Waals surface area contributed by atoms with Crippen LogP contribution in [0.3, 0.4) is 0 Å². The SMILES string of the molecule is CC(C)C(C)NC(=O)CN1CCOC(CN)C1. The third-order valence-electron chi connectivity index (χ3n) is 3.24. The minimum atomic E-state index is 0.0686. The Morgan fingerprint density at radius 2 is 2.24 bits per heavy atom. The molecular formula is C12H25N3O2. The van der Waals surface area contributed by atoms with E-state index in [-0.39, 0.29) is 18.1 Å². The van der Waals surface area contributed by atoms with Crippen LogP contribution >= 0.6 is 0 Å². The molecule has 2 unspecified atom stereocenters. The fourth-order valence-corrected chi connectivity index (χ4v) is 1.74. The van der Waals surface area contributed by atoms with Gasteiger partial charge in [-0.2, -0.15) is 0 Å². The minimum absolute atomic E-state index is 0.0686. The third-order valence-corrected chi connectivity index (χ3v) is 3.24. The molecule has 0 radical (unpaired) electrons. The van der Waals surface area contributed by atoms with Crippen LogP contribution in [-0.4, -0.2) is 55.7 Å². The van der Waals surface area contributed by atoms with Crippen molar-refractivity contribution in [2.45, 2.75) is 32.9 Å². The van der Waals surface area contributed by atoms with Gasteiger partial charge in [0.2, 0.25) is 5.91 Å². The summed E-state index contributed by atoms with van der Waals surface area (Å²) in [6, 6.07) is 0.217. The first-order valence-electron chi connectivity index (χ1n) is 6.36. The lowest BCUT2D eigenvalue weighted by molar-refractivity contribution is -0.125. The quantitative estimate of drug-likeness (QED) is 0.702. The molecule has 0 aromatic carbocycles. The summed E-state index contributed by atoms with van der Waals surface area (Å²) in [6.07, 6.45) is 0.0686. The van der Waals surface area contributed by atoms with E-state index in [1.807, 2.05) is 6.92 Å². The molecule has 1 saturated heterocycles. The Balaban J connectivity index is 2.30. The molecule has 5 nitrogen and oxygen atoms in total. The second-order valence-corrected chi connectivity index (χ2v) is 5.06. The summed E-state index contributed by atoms with van der Waals surface area (Å²) in [4.78, 5) is 13.9. The van der Waals surface area contributed by atoms with Gasteiger partial charge in [0, 0.05) is 25.7 Å². The lowest BCUT2D eigenvalue weighted by atomic mass is 10.1. The summed E-state index contributed by atoms with van der Waals surface area (Å²) in [5.74, 6) is 0.546. The molecule has 3 N–H and O–H groups in total. The van der Waals surface area contributed by atoms with Crippen LogP contribution in [0.1, 0.15) is 20.8 Å². The van der Waals surface area contributed by atoms with Crippen LogP contribution in [0, 0.1) is 5.92 Å². The molecule has 0 spiro atoms. The summed E-state index contributed by atoms with van der Waals surface area (Å²) < 4.78 is 5.46. The Labute approximate surface area is 104 Å². The zero-order valence-electron chi connectivity index (χ0n) is 11.1. The highest BCUT2D eigenvalue weighted by molar-refractivity contribution is 5.78. The number of hydrogen-bond donors (Lipinski definition) is 2. The predicted octanol–water partition coefficient (Wildman–Crippen LogP) is -0.193. The Morgan fingerprint density at radius 1 is 1.53 bits per heavy atom. The largest absolute Gasteiger partial charge is 0.374 e. The molecule has 2 atom stereocenters. The van der Waals surface area contributed by atoms with Crippen molar-refractivity contribution in [3.63, 3.8) is 0 Å². The Kier molecular flexibility index (Phi) is 5.88. The molecule has 0 bridgehead atoms. The number of hydrogen-bond acceptors (Lipinski definition) is 4. The number of rotatable bonds is 5. The minimum Gasteiger partial charge on any atom is -0.374 e. The van der Waals surface area contributed by atoms with Crippen LogP contribution < -0.4 is 11.1 Å². The van der Waals surface area contributed by atoms with Crippen LogP contribution in [0.4, 0.5) is 0 Å². The smallest absolute Gasteiger partial charge is 0.234 e. The Hall–Kier alpha value is -0.650. The summed E-state index contributed by atoms with van der Waals surface area (Å²) in [6.45, 7) is 9.41. The van der Waals surface area contributed by atoms with Gasteiger partial charge in [-0.25, -0.2) is 0 Å². The zero-order chi connectivity index (χ0) is 12.8. The van der Waals surface area contributed by atoms with Gasteiger partial charge in [0.05, 0.1) is 19.3 Å². The van der Waals surface area contributed by atoms with Gasteiger partial charge in [0.1, 0.15) is 0 Å². The highest BCUT2D eigenvalue weighted by atomic mass is 16.5. The average molecular weight is 243 g/mol. The molecule has 1 amide bonds. The van der Waals surface area contributed by atoms with Gasteiger partial charge in [-0.1, -0.05) is 13.8 Å². The van der Waals surface area contributed by atoms with Crippen molar-refractivity contribution >= 4 is 5.91 Å². The standard InChI is InChI=1S/C12H25N3O2/c1-9(2)10(3)14-12(16)8-15-4-5-17-11(6-13)7-15/h9-11H,4-8,13H2,1-3H3,(H,14,16). The molecular weight excluding hydrogens is 218 g/mol. The van der Waals surface area contributed by atoms with Crippen molar-refractivity contribution in [3.8, 4) is 0 Å². The average Bonchev–Trinajstić information content (AvgIpc) is 2.28. The maximum Gasteiger partial charge on any atom is 0.234 e. The number of carbonyl (C=O) groups is 1. The third kappa shape index (κ3) is 5.02. The van der Waals surface area contributed by atoms with Gasteiger partial charge < -0.3 is 15.8 Å². The van der Waals surface area contributed by atoms with E-state index in [0.29, 0.717) is 25.6 Å². The van der Waals surface area contributed by atoms with Crippen molar-refractivity contribution in [2.75, 3.05) is 32.8 Å². The number of morpholine rings is 1. The van der Waals surface area contributed by atoms with Crippen molar-refractivity contribution in [2.24, 2.45) is 11.7 Å². The zero-order valence-corrected chi connectivity index (χ0v) is 11.1. The summed E-state index contributed by atoms with van der Waals surface area (Å²) in [7, 11) is 0. The van der Waals surface area contributed by atoms with E-state index in [9.17, 15) is 4.79 Å². The molecule has 1 fully saturated rings. The lowest BCUT2D eigenvalue weighted by Crippen LogP contribution is -2.50. The molecule has 1 aliphatic heterocycles. The lowest BCUT2D eigenvalue weighted by Gasteiger charge is -2.32. The monoisotopic (exact) mass is 243 g/mol. The number of amides is 1. The Bertz CT molecular complexity index is 246. The molecule has 0 aromatic rings. The molecule has 100 valence electrons. The second kappa shape index (κ2) is 6.93. The fourth-order valence-electron chi connectivity index (χ4n) is 1.74. The van der Waals surface area contributed by atoms with Crippen LogP contribution in [0.15, 0.2) is 0 Å². The van der Waals surface area contributed by atoms with E-state index in [1.54, 1.807) is 0 Å². The first kappa shape index (κ1) is 14.4. The van der Waals surface area contributed by atoms with Gasteiger partial charge >= 0.3 is 0 Å². The van der Waals surface area contributed by atoms with Crippen LogP contribution in [0.2, 0.25) is 0 Å². The number of carbonyl (C=O) groups excluding carboxylic acids is 1. The van der Waals surface area contributed by atoms with Crippen molar-refractivity contribution in [1.82, 2.24) is 10.2 Å². The van der Waals surface area contributed by atoms with Gasteiger partial charge in [0.25, 0.3) is 0 Å². The van der Waals surface area contributed by atoms with Gasteiger partial charge in [-0.15, -0.1) is 0 Å². The molecule has 1 heterocycles. The van der Waals surface area contributed by atoms with E-state index in [4.69, 9.17) is 10.5 Å². The molecule has 0 aromatic heterocycles. The number of nitrogens with one attached hydrogen (secondary N) is 1. The molecule has 0 aliphatic carbocycles. The summed E-state index contributed by atoms with van der Waals surface area (Å²) in [5, 5.41) is 3.01. The molecule has 5 heteroatoms. The van der Waals surface area contributed by atoms with Gasteiger partial charge in [0.15, 0.2) is 0 Å².